The Balaban J connectivity index is 2.03. The lowest BCUT2D eigenvalue weighted by molar-refractivity contribution is -0.150. The SMILES string of the molecule is COC(=O)c1sccc1NC(=O)COC(=O)[C@@H](NS(=O)(=O)c1ccccc1F)C(C)C. The largest absolute Gasteiger partial charge is 0.465 e. The summed E-state index contributed by atoms with van der Waals surface area (Å²) in [5.74, 6) is -3.91. The number of anilines is 1. The van der Waals surface area contributed by atoms with Crippen LogP contribution < -0.4 is 10.0 Å². The zero-order valence-electron chi connectivity index (χ0n) is 16.9. The number of methoxy groups -OCH3 is 1. The number of esters is 2. The van der Waals surface area contributed by atoms with Crippen LogP contribution in [-0.4, -0.2) is 46.0 Å². The molecule has 0 bridgehead atoms. The van der Waals surface area contributed by atoms with E-state index in [4.69, 9.17) is 4.74 Å². The Bertz CT molecular complexity index is 1070. The first-order valence-corrected chi connectivity index (χ1v) is 11.3. The van der Waals surface area contributed by atoms with Crippen LogP contribution in [0.2, 0.25) is 0 Å². The highest BCUT2D eigenvalue weighted by molar-refractivity contribution is 7.89. The van der Waals surface area contributed by atoms with Crippen LogP contribution in [0.3, 0.4) is 0 Å². The van der Waals surface area contributed by atoms with Crippen molar-refractivity contribution in [2.24, 2.45) is 5.92 Å². The van der Waals surface area contributed by atoms with Crippen molar-refractivity contribution in [3.8, 4) is 0 Å². The van der Waals surface area contributed by atoms with E-state index < -0.39 is 57.1 Å². The number of benzene rings is 1. The molecule has 9 nitrogen and oxygen atoms in total. The average Bonchev–Trinajstić information content (AvgIpc) is 3.17. The monoisotopic (exact) mass is 472 g/mol. The van der Waals surface area contributed by atoms with Crippen molar-refractivity contribution in [3.63, 3.8) is 0 Å². The Labute approximate surface area is 182 Å². The van der Waals surface area contributed by atoms with E-state index in [-0.39, 0.29) is 10.6 Å². The Morgan fingerprint density at radius 1 is 1.16 bits per heavy atom. The topological polar surface area (TPSA) is 128 Å². The zero-order chi connectivity index (χ0) is 23.2. The quantitative estimate of drug-likeness (QED) is 0.535. The molecule has 1 aromatic carbocycles. The highest BCUT2D eigenvalue weighted by Gasteiger charge is 2.31. The molecular weight excluding hydrogens is 451 g/mol. The van der Waals surface area contributed by atoms with Crippen LogP contribution >= 0.6 is 11.3 Å². The molecule has 0 spiro atoms. The van der Waals surface area contributed by atoms with Gasteiger partial charge in [0.1, 0.15) is 21.6 Å². The highest BCUT2D eigenvalue weighted by Crippen LogP contribution is 2.23. The molecule has 0 aliphatic heterocycles. The molecule has 1 aromatic heterocycles. The molecule has 1 amide bonds. The third-order valence-corrected chi connectivity index (χ3v) is 6.35. The van der Waals surface area contributed by atoms with Gasteiger partial charge in [0, 0.05) is 0 Å². The van der Waals surface area contributed by atoms with Crippen molar-refractivity contribution in [1.29, 1.82) is 0 Å². The second kappa shape index (κ2) is 10.5. The predicted molar refractivity (Wildman–Crippen MR) is 111 cm³/mol. The van der Waals surface area contributed by atoms with E-state index >= 15 is 0 Å². The number of halogens is 1. The van der Waals surface area contributed by atoms with Crippen LogP contribution in [0, 0.1) is 11.7 Å². The van der Waals surface area contributed by atoms with Gasteiger partial charge in [0.25, 0.3) is 5.91 Å². The first-order valence-electron chi connectivity index (χ1n) is 8.96. The lowest BCUT2D eigenvalue weighted by Crippen LogP contribution is -2.46. The molecule has 0 fully saturated rings. The van der Waals surface area contributed by atoms with Gasteiger partial charge in [0.2, 0.25) is 10.0 Å². The minimum atomic E-state index is -4.35. The molecule has 0 radical (unpaired) electrons. The van der Waals surface area contributed by atoms with Gasteiger partial charge < -0.3 is 14.8 Å². The number of carbonyl (C=O) groups is 3. The lowest BCUT2D eigenvalue weighted by Gasteiger charge is -2.21. The molecule has 2 rings (SSSR count). The number of thiophene rings is 1. The fourth-order valence-corrected chi connectivity index (χ4v) is 4.60. The molecule has 31 heavy (non-hydrogen) atoms. The second-order valence-electron chi connectivity index (χ2n) is 6.58. The molecule has 12 heteroatoms. The second-order valence-corrected chi connectivity index (χ2v) is 9.18. The van der Waals surface area contributed by atoms with Crippen LogP contribution in [0.5, 0.6) is 0 Å². The van der Waals surface area contributed by atoms with Crippen LogP contribution in [-0.2, 0) is 29.1 Å². The molecule has 0 aliphatic carbocycles. The number of rotatable bonds is 9. The molecule has 1 heterocycles. The highest BCUT2D eigenvalue weighted by atomic mass is 32.2. The van der Waals surface area contributed by atoms with Crippen LogP contribution in [0.1, 0.15) is 23.5 Å². The molecule has 0 unspecified atom stereocenters. The van der Waals surface area contributed by atoms with Gasteiger partial charge in [-0.05, 0) is 29.5 Å². The normalized spacial score (nSPS) is 12.3. The summed E-state index contributed by atoms with van der Waals surface area (Å²) in [6.45, 7) is 2.40. The number of hydrogen-bond donors (Lipinski definition) is 2. The minimum Gasteiger partial charge on any atom is -0.465 e. The third-order valence-electron chi connectivity index (χ3n) is 3.98. The van der Waals surface area contributed by atoms with E-state index in [0.717, 1.165) is 23.5 Å². The van der Waals surface area contributed by atoms with Gasteiger partial charge >= 0.3 is 11.9 Å². The number of amides is 1. The number of ether oxygens (including phenoxy) is 2. The summed E-state index contributed by atoms with van der Waals surface area (Å²) in [6.07, 6.45) is 0. The van der Waals surface area contributed by atoms with E-state index in [1.807, 2.05) is 0 Å². The van der Waals surface area contributed by atoms with Crippen LogP contribution in [0.25, 0.3) is 0 Å². The molecular formula is C19H21FN2O7S2. The first-order chi connectivity index (χ1) is 14.6. The lowest BCUT2D eigenvalue weighted by atomic mass is 10.1. The predicted octanol–water partition coefficient (Wildman–Crippen LogP) is 2.16. The number of sulfonamides is 1. The molecule has 1 atom stereocenters. The fraction of sp³-hybridized carbons (Fsp3) is 0.316. The number of carbonyl (C=O) groups excluding carboxylic acids is 3. The van der Waals surface area contributed by atoms with Crippen molar-refractivity contribution in [3.05, 3.63) is 46.4 Å². The Kier molecular flexibility index (Phi) is 8.25. The van der Waals surface area contributed by atoms with E-state index in [1.165, 1.54) is 25.3 Å². The van der Waals surface area contributed by atoms with Gasteiger partial charge in [-0.3, -0.25) is 9.59 Å². The molecule has 2 N–H and O–H groups in total. The summed E-state index contributed by atoms with van der Waals surface area (Å²) in [6, 6.07) is 4.85. The third kappa shape index (κ3) is 6.32. The van der Waals surface area contributed by atoms with Crippen molar-refractivity contribution in [1.82, 2.24) is 4.72 Å². The first kappa shape index (κ1) is 24.4. The number of nitrogens with one attached hydrogen (secondary N) is 2. The van der Waals surface area contributed by atoms with Gasteiger partial charge in [-0.2, -0.15) is 4.72 Å². The molecule has 0 aliphatic rings. The Hall–Kier alpha value is -2.83. The van der Waals surface area contributed by atoms with Gasteiger partial charge in [0.15, 0.2) is 6.61 Å². The fourth-order valence-electron chi connectivity index (χ4n) is 2.42. The maximum absolute atomic E-state index is 13.9. The van der Waals surface area contributed by atoms with E-state index in [1.54, 1.807) is 19.2 Å². The summed E-state index contributed by atoms with van der Waals surface area (Å²) in [5, 5.41) is 3.99. The Morgan fingerprint density at radius 2 is 1.84 bits per heavy atom. The van der Waals surface area contributed by atoms with Crippen LogP contribution in [0.4, 0.5) is 10.1 Å². The Morgan fingerprint density at radius 3 is 2.45 bits per heavy atom. The molecule has 2 aromatic rings. The summed E-state index contributed by atoms with van der Waals surface area (Å²) in [5.41, 5.74) is 0.193. The summed E-state index contributed by atoms with van der Waals surface area (Å²) >= 11 is 1.06. The molecule has 0 saturated carbocycles. The van der Waals surface area contributed by atoms with Crippen LogP contribution in [0.15, 0.2) is 40.6 Å². The van der Waals surface area contributed by atoms with Crippen molar-refractivity contribution in [2.45, 2.75) is 24.8 Å². The maximum atomic E-state index is 13.9. The number of hydrogen-bond acceptors (Lipinski definition) is 8. The van der Waals surface area contributed by atoms with E-state index in [2.05, 4.69) is 14.8 Å². The van der Waals surface area contributed by atoms with Crippen molar-refractivity contribution < 1.29 is 36.7 Å². The van der Waals surface area contributed by atoms with Gasteiger partial charge in [-0.25, -0.2) is 17.6 Å². The standard InChI is InChI=1S/C19H21FN2O7S2/c1-11(2)16(22-31(26,27)14-7-5-4-6-12(14)20)18(24)29-10-15(23)21-13-8-9-30-17(13)19(25)28-3/h4-9,11,16,22H,10H2,1-3H3,(H,21,23)/t16-/m0/s1. The van der Waals surface area contributed by atoms with Crippen molar-refractivity contribution in [2.75, 3.05) is 19.0 Å². The van der Waals surface area contributed by atoms with Gasteiger partial charge in [0.05, 0.1) is 12.8 Å². The smallest absolute Gasteiger partial charge is 0.350 e. The zero-order valence-corrected chi connectivity index (χ0v) is 18.5. The van der Waals surface area contributed by atoms with E-state index in [9.17, 15) is 27.2 Å². The minimum absolute atomic E-state index is 0.167. The molecule has 0 saturated heterocycles. The maximum Gasteiger partial charge on any atom is 0.350 e. The molecule has 168 valence electrons. The van der Waals surface area contributed by atoms with Crippen molar-refractivity contribution >= 4 is 44.9 Å². The summed E-state index contributed by atoms with van der Waals surface area (Å²) in [4.78, 5) is 35.7. The summed E-state index contributed by atoms with van der Waals surface area (Å²) in [7, 11) is -3.16. The summed E-state index contributed by atoms with van der Waals surface area (Å²) < 4.78 is 50.5. The van der Waals surface area contributed by atoms with Gasteiger partial charge in [-0.15, -0.1) is 11.3 Å². The van der Waals surface area contributed by atoms with E-state index in [0.29, 0.717) is 0 Å². The van der Waals surface area contributed by atoms with Gasteiger partial charge in [-0.1, -0.05) is 26.0 Å². The average molecular weight is 473 g/mol.